The van der Waals surface area contributed by atoms with E-state index in [-0.39, 0.29) is 25.0 Å². The van der Waals surface area contributed by atoms with Crippen LogP contribution in [0.5, 0.6) is 0 Å². The molecule has 0 bridgehead atoms. The summed E-state index contributed by atoms with van der Waals surface area (Å²) in [5.74, 6) is -1.12. The van der Waals surface area contributed by atoms with Crippen molar-refractivity contribution in [3.8, 4) is 0 Å². The van der Waals surface area contributed by atoms with Gasteiger partial charge in [-0.25, -0.2) is 0 Å². The Morgan fingerprint density at radius 1 is 1.08 bits per heavy atom. The molecule has 0 aromatic rings. The number of hydrogen-bond donors (Lipinski definition) is 0. The van der Waals surface area contributed by atoms with Gasteiger partial charge in [0, 0.05) is 0 Å². The molecule has 4 heteroatoms. The topological polar surface area (TPSA) is 68.3 Å². The van der Waals surface area contributed by atoms with Gasteiger partial charge in [0.2, 0.25) is 0 Å². The van der Waals surface area contributed by atoms with E-state index in [1.54, 1.807) is 0 Å². The fourth-order valence-electron chi connectivity index (χ4n) is 0.725. The second kappa shape index (κ2) is 5.35. The largest absolute Gasteiger partial charge is 0.303 e. The van der Waals surface area contributed by atoms with Crippen LogP contribution < -0.4 is 0 Å². The first-order chi connectivity index (χ1) is 5.56. The number of aldehydes is 1. The van der Waals surface area contributed by atoms with Crippen LogP contribution in [0, 0.1) is 0 Å². The van der Waals surface area contributed by atoms with Gasteiger partial charge in [0.1, 0.15) is 23.6 Å². The van der Waals surface area contributed by atoms with Crippen LogP contribution in [0.15, 0.2) is 0 Å². The lowest BCUT2D eigenvalue weighted by atomic mass is 10.1. The quantitative estimate of drug-likeness (QED) is 0.418. The molecule has 0 atom stereocenters. The van der Waals surface area contributed by atoms with E-state index < -0.39 is 11.6 Å². The number of carbonyl (C=O) groups excluding carboxylic acids is 4. The summed E-state index contributed by atoms with van der Waals surface area (Å²) in [5, 5.41) is 0. The fourth-order valence-corrected chi connectivity index (χ4v) is 0.725. The Bertz CT molecular complexity index is 217. The number of carbonyl (C=O) groups is 4. The summed E-state index contributed by atoms with van der Waals surface area (Å²) in [6, 6.07) is 0. The number of rotatable bonds is 6. The van der Waals surface area contributed by atoms with Gasteiger partial charge in [-0.15, -0.1) is 0 Å². The summed E-state index contributed by atoms with van der Waals surface area (Å²) >= 11 is 0. The summed E-state index contributed by atoms with van der Waals surface area (Å²) < 4.78 is 0. The van der Waals surface area contributed by atoms with Crippen molar-refractivity contribution < 1.29 is 19.2 Å². The minimum absolute atomic E-state index is 0.218. The number of ketones is 3. The molecular weight excluding hydrogens is 160 g/mol. The summed E-state index contributed by atoms with van der Waals surface area (Å²) in [6.07, 6.45) is -0.323. The maximum atomic E-state index is 10.8. The minimum atomic E-state index is -0.434. The summed E-state index contributed by atoms with van der Waals surface area (Å²) in [4.78, 5) is 41.7. The van der Waals surface area contributed by atoms with Crippen LogP contribution in [0.25, 0.3) is 0 Å². The predicted octanol–water partition coefficient (Wildman–Crippen LogP) is 0.0828. The first-order valence-corrected chi connectivity index (χ1v) is 3.52. The molecule has 0 unspecified atom stereocenters. The van der Waals surface area contributed by atoms with Crippen molar-refractivity contribution in [3.63, 3.8) is 0 Å². The highest BCUT2D eigenvalue weighted by molar-refractivity contribution is 6.08. The average Bonchev–Trinajstić information content (AvgIpc) is 1.84. The van der Waals surface area contributed by atoms with Crippen LogP contribution >= 0.6 is 0 Å². The van der Waals surface area contributed by atoms with Gasteiger partial charge in [0.15, 0.2) is 0 Å². The molecule has 0 rings (SSSR count). The Morgan fingerprint density at radius 3 is 2.08 bits per heavy atom. The van der Waals surface area contributed by atoms with Crippen molar-refractivity contribution in [3.05, 3.63) is 0 Å². The highest BCUT2D eigenvalue weighted by atomic mass is 16.2. The van der Waals surface area contributed by atoms with Crippen LogP contribution in [0.1, 0.15) is 26.2 Å². The third-order valence-corrected chi connectivity index (χ3v) is 1.15. The molecule has 66 valence electrons. The maximum absolute atomic E-state index is 10.8. The van der Waals surface area contributed by atoms with Crippen LogP contribution in [0.4, 0.5) is 0 Å². The summed E-state index contributed by atoms with van der Waals surface area (Å²) in [6.45, 7) is 1.28. The van der Waals surface area contributed by atoms with Gasteiger partial charge < -0.3 is 4.79 Å². The van der Waals surface area contributed by atoms with Gasteiger partial charge in [0.05, 0.1) is 19.3 Å². The zero-order valence-electron chi connectivity index (χ0n) is 6.83. The Balaban J connectivity index is 3.76. The van der Waals surface area contributed by atoms with Crippen molar-refractivity contribution in [2.45, 2.75) is 26.2 Å². The maximum Gasteiger partial charge on any atom is 0.147 e. The molecule has 0 spiro atoms. The number of Topliss-reactive ketones (excluding diaryl/α,β-unsaturated/α-hetero) is 3. The van der Waals surface area contributed by atoms with Crippen molar-refractivity contribution in [1.29, 1.82) is 0 Å². The molecule has 12 heavy (non-hydrogen) atoms. The molecule has 0 saturated carbocycles. The van der Waals surface area contributed by atoms with Gasteiger partial charge >= 0.3 is 0 Å². The lowest BCUT2D eigenvalue weighted by molar-refractivity contribution is -0.129. The van der Waals surface area contributed by atoms with Crippen molar-refractivity contribution >= 4 is 23.6 Å². The van der Waals surface area contributed by atoms with Gasteiger partial charge in [-0.05, 0) is 6.92 Å². The molecule has 0 N–H and O–H groups in total. The lowest BCUT2D eigenvalue weighted by Crippen LogP contribution is -2.10. The van der Waals surface area contributed by atoms with Gasteiger partial charge in [-0.3, -0.25) is 14.4 Å². The Labute approximate surface area is 69.9 Å². The van der Waals surface area contributed by atoms with Crippen LogP contribution in [0.2, 0.25) is 0 Å². The van der Waals surface area contributed by atoms with Crippen LogP contribution in [-0.4, -0.2) is 23.6 Å². The van der Waals surface area contributed by atoms with E-state index in [0.717, 1.165) is 0 Å². The van der Waals surface area contributed by atoms with Crippen molar-refractivity contribution in [2.24, 2.45) is 0 Å². The molecule has 0 amide bonds. The smallest absolute Gasteiger partial charge is 0.147 e. The highest BCUT2D eigenvalue weighted by Crippen LogP contribution is 1.94. The van der Waals surface area contributed by atoms with Gasteiger partial charge in [-0.2, -0.15) is 0 Å². The first kappa shape index (κ1) is 10.7. The van der Waals surface area contributed by atoms with Crippen LogP contribution in [0.3, 0.4) is 0 Å². The highest BCUT2D eigenvalue weighted by Gasteiger charge is 2.10. The molecule has 0 saturated heterocycles. The summed E-state index contributed by atoms with van der Waals surface area (Å²) in [7, 11) is 0. The van der Waals surface area contributed by atoms with Crippen molar-refractivity contribution in [1.82, 2.24) is 0 Å². The second-order valence-corrected chi connectivity index (χ2v) is 2.50. The SMILES string of the molecule is CC(=O)CC(=O)CC(=O)CC=O. The second-order valence-electron chi connectivity index (χ2n) is 2.50. The molecule has 0 aromatic carbocycles. The molecule has 0 radical (unpaired) electrons. The molecule has 0 fully saturated rings. The first-order valence-electron chi connectivity index (χ1n) is 3.52. The predicted molar refractivity (Wildman–Crippen MR) is 40.6 cm³/mol. The van der Waals surface area contributed by atoms with E-state index in [9.17, 15) is 19.2 Å². The van der Waals surface area contributed by atoms with E-state index in [1.165, 1.54) is 6.92 Å². The molecule has 0 heterocycles. The van der Waals surface area contributed by atoms with E-state index in [4.69, 9.17) is 0 Å². The Hall–Kier alpha value is -1.32. The van der Waals surface area contributed by atoms with Gasteiger partial charge in [-0.1, -0.05) is 0 Å². The van der Waals surface area contributed by atoms with Crippen molar-refractivity contribution in [2.75, 3.05) is 0 Å². The lowest BCUT2D eigenvalue weighted by Gasteiger charge is -1.93. The third kappa shape index (κ3) is 5.46. The normalized spacial score (nSPS) is 9.08. The average molecular weight is 170 g/mol. The van der Waals surface area contributed by atoms with E-state index in [2.05, 4.69) is 0 Å². The van der Waals surface area contributed by atoms with Crippen LogP contribution in [-0.2, 0) is 19.2 Å². The standard InChI is InChI=1S/C8H10O4/c1-6(10)4-8(12)5-7(11)2-3-9/h3H,2,4-5H2,1H3. The zero-order chi connectivity index (χ0) is 9.56. The third-order valence-electron chi connectivity index (χ3n) is 1.15. The van der Waals surface area contributed by atoms with E-state index in [0.29, 0.717) is 6.29 Å². The molecule has 0 aromatic heterocycles. The molecular formula is C8H10O4. The molecule has 4 nitrogen and oxygen atoms in total. The summed E-state index contributed by atoms with van der Waals surface area (Å²) in [5.41, 5.74) is 0. The monoisotopic (exact) mass is 170 g/mol. The van der Waals surface area contributed by atoms with E-state index >= 15 is 0 Å². The van der Waals surface area contributed by atoms with E-state index in [1.807, 2.05) is 0 Å². The minimum Gasteiger partial charge on any atom is -0.303 e. The Kier molecular flexibility index (Phi) is 4.76. The van der Waals surface area contributed by atoms with Gasteiger partial charge in [0.25, 0.3) is 0 Å². The molecule has 0 aliphatic rings. The zero-order valence-corrected chi connectivity index (χ0v) is 6.83. The fraction of sp³-hybridized carbons (Fsp3) is 0.500. The molecule has 0 aliphatic carbocycles. The molecule has 0 aliphatic heterocycles. The Morgan fingerprint density at radius 2 is 1.67 bits per heavy atom. The number of hydrogen-bond acceptors (Lipinski definition) is 4.